The second-order valence-corrected chi connectivity index (χ2v) is 8.56. The van der Waals surface area contributed by atoms with E-state index in [9.17, 15) is 23.7 Å². The third-order valence-corrected chi connectivity index (χ3v) is 6.14. The highest BCUT2D eigenvalue weighted by atomic mass is 31.3. The van der Waals surface area contributed by atoms with Crippen LogP contribution in [0.1, 0.15) is 7.79 Å². The van der Waals surface area contributed by atoms with Crippen LogP contribution in [0.2, 0.25) is 6.80 Å². The molecule has 1 fully saturated rings. The fraction of sp³-hybridized carbons (Fsp3) is 1.00. The van der Waals surface area contributed by atoms with Crippen molar-refractivity contribution in [1.29, 1.82) is 0 Å². The number of aliphatic hydroxyl groups excluding tert-OH is 1. The molecule has 0 aromatic heterocycles. The van der Waals surface area contributed by atoms with Gasteiger partial charge in [0.2, 0.25) is 0 Å². The normalized spacial score (nSPS) is 32.0. The standard InChI is InChI=1S/C6H15BO12P3/c1-7-6-2-4(8)5(17-6)3-16-21(12,13)19-22(14,15)18-20(9,10)11/h4-6,8H,2-3H2,1H3,(H,12,13)(H,14,15)(H2,9,10,11)/t4-,5-,6-/m1/s1/i1D. The highest BCUT2D eigenvalue weighted by molar-refractivity contribution is 7.66. The van der Waals surface area contributed by atoms with E-state index in [1.807, 2.05) is 0 Å². The minimum atomic E-state index is -5.57. The Morgan fingerprint density at radius 2 is 1.86 bits per heavy atom. The number of phosphoric ester groups is 1. The summed E-state index contributed by atoms with van der Waals surface area (Å²) in [5.41, 5.74) is 0. The van der Waals surface area contributed by atoms with E-state index >= 15 is 0 Å². The van der Waals surface area contributed by atoms with Crippen LogP contribution in [0.25, 0.3) is 0 Å². The van der Waals surface area contributed by atoms with Gasteiger partial charge >= 0.3 is 23.5 Å². The molecule has 1 aliphatic heterocycles. The molecule has 0 aromatic rings. The molecule has 0 saturated carbocycles. The van der Waals surface area contributed by atoms with Crippen LogP contribution >= 0.6 is 23.5 Å². The van der Waals surface area contributed by atoms with Gasteiger partial charge in [0, 0.05) is 7.37 Å². The topological polar surface area (TPSA) is 189 Å². The van der Waals surface area contributed by atoms with E-state index < -0.39 is 48.3 Å². The first-order valence-corrected chi connectivity index (χ1v) is 10.1. The minimum absolute atomic E-state index is 0.0695. The molecule has 5 atom stereocenters. The monoisotopic (exact) mass is 384 g/mol. The minimum Gasteiger partial charge on any atom is -0.390 e. The zero-order chi connectivity index (χ0) is 17.9. The Bertz CT molecular complexity index is 539. The number of ether oxygens (including phenoxy) is 1. The van der Waals surface area contributed by atoms with Gasteiger partial charge in [0.05, 0.1) is 12.7 Å². The molecule has 129 valence electrons. The van der Waals surface area contributed by atoms with Crippen molar-refractivity contribution in [2.75, 3.05) is 6.61 Å². The van der Waals surface area contributed by atoms with Crippen LogP contribution < -0.4 is 0 Å². The van der Waals surface area contributed by atoms with Gasteiger partial charge in [-0.25, -0.2) is 13.7 Å². The first kappa shape index (κ1) is 18.7. The molecule has 1 radical (unpaired) electrons. The van der Waals surface area contributed by atoms with E-state index in [2.05, 4.69) is 13.1 Å². The van der Waals surface area contributed by atoms with Gasteiger partial charge in [0.25, 0.3) is 0 Å². The van der Waals surface area contributed by atoms with Gasteiger partial charge in [-0.05, 0) is 6.42 Å². The van der Waals surface area contributed by atoms with Crippen molar-refractivity contribution in [2.45, 2.75) is 31.4 Å². The molecule has 0 aliphatic carbocycles. The predicted molar refractivity (Wildman–Crippen MR) is 70.7 cm³/mol. The zero-order valence-electron chi connectivity index (χ0n) is 11.9. The van der Waals surface area contributed by atoms with Crippen molar-refractivity contribution in [1.82, 2.24) is 0 Å². The maximum absolute atomic E-state index is 11.5. The van der Waals surface area contributed by atoms with Gasteiger partial charge < -0.3 is 29.4 Å². The number of aliphatic hydroxyl groups is 1. The van der Waals surface area contributed by atoms with Gasteiger partial charge in [-0.1, -0.05) is 6.80 Å². The summed E-state index contributed by atoms with van der Waals surface area (Å²) in [6, 6.07) is -0.558. The van der Waals surface area contributed by atoms with E-state index in [1.165, 1.54) is 7.28 Å². The molecule has 16 heteroatoms. The molecule has 5 N–H and O–H groups in total. The first-order valence-electron chi connectivity index (χ1n) is 6.29. The van der Waals surface area contributed by atoms with Gasteiger partial charge in [0.15, 0.2) is 0 Å². The average Bonchev–Trinajstić information content (AvgIpc) is 2.63. The maximum Gasteiger partial charge on any atom is 0.490 e. The summed E-state index contributed by atoms with van der Waals surface area (Å²) in [5, 5.41) is 9.64. The summed E-state index contributed by atoms with van der Waals surface area (Å²) in [5.74, 6) is 0. The third kappa shape index (κ3) is 7.31. The molecule has 1 heterocycles. The Hall–Kier alpha value is 0.395. The molecule has 12 nitrogen and oxygen atoms in total. The molecule has 1 aliphatic rings. The van der Waals surface area contributed by atoms with Crippen molar-refractivity contribution in [3.63, 3.8) is 0 Å². The molecule has 22 heavy (non-hydrogen) atoms. The third-order valence-electron chi connectivity index (χ3n) is 2.33. The second kappa shape index (κ2) is 7.52. The van der Waals surface area contributed by atoms with Crippen molar-refractivity contribution >= 4 is 30.7 Å². The lowest BCUT2D eigenvalue weighted by atomic mass is 9.73. The van der Waals surface area contributed by atoms with E-state index in [-0.39, 0.29) is 13.2 Å². The lowest BCUT2D eigenvalue weighted by molar-refractivity contribution is -0.00473. The molecular weight excluding hydrogens is 368 g/mol. The number of hydrogen-bond acceptors (Lipinski definition) is 8. The van der Waals surface area contributed by atoms with Crippen LogP contribution in [-0.4, -0.2) is 56.8 Å². The summed E-state index contributed by atoms with van der Waals surface area (Å²) >= 11 is 0. The summed E-state index contributed by atoms with van der Waals surface area (Å²) < 4.78 is 56.6. The Morgan fingerprint density at radius 1 is 1.23 bits per heavy atom. The Kier molecular flexibility index (Phi) is 6.40. The highest BCUT2D eigenvalue weighted by Gasteiger charge is 2.42. The molecule has 0 amide bonds. The molecule has 0 bridgehead atoms. The summed E-state index contributed by atoms with van der Waals surface area (Å²) in [6.45, 7) is -0.785. The van der Waals surface area contributed by atoms with Gasteiger partial charge in [0.1, 0.15) is 13.4 Å². The maximum atomic E-state index is 11.5. The Morgan fingerprint density at radius 3 is 2.41 bits per heavy atom. The van der Waals surface area contributed by atoms with E-state index in [4.69, 9.17) is 20.8 Å². The quantitative estimate of drug-likeness (QED) is 0.268. The van der Waals surface area contributed by atoms with Gasteiger partial charge in [-0.15, -0.1) is 0 Å². The molecule has 2 unspecified atom stereocenters. The number of hydrogen-bond donors (Lipinski definition) is 5. The van der Waals surface area contributed by atoms with Crippen LogP contribution in [-0.2, 0) is 31.6 Å². The van der Waals surface area contributed by atoms with Crippen LogP contribution in [0.5, 0.6) is 0 Å². The van der Waals surface area contributed by atoms with Crippen molar-refractivity contribution < 1.29 is 57.6 Å². The average molecular weight is 384 g/mol. The highest BCUT2D eigenvalue weighted by Crippen LogP contribution is 2.66. The summed E-state index contributed by atoms with van der Waals surface area (Å²) in [6.07, 6.45) is -2.01. The van der Waals surface area contributed by atoms with Crippen LogP contribution in [0.3, 0.4) is 0 Å². The lowest BCUT2D eigenvalue weighted by Crippen LogP contribution is -2.26. The fourth-order valence-corrected chi connectivity index (χ4v) is 4.56. The summed E-state index contributed by atoms with van der Waals surface area (Å²) in [4.78, 5) is 34.9. The Labute approximate surface area is 127 Å². The zero-order valence-corrected chi connectivity index (χ0v) is 13.5. The van der Waals surface area contributed by atoms with Crippen molar-refractivity contribution in [3.8, 4) is 0 Å². The van der Waals surface area contributed by atoms with E-state index in [0.29, 0.717) is 0 Å². The molecular formula is C6H15BO12P3. The van der Waals surface area contributed by atoms with Crippen molar-refractivity contribution in [3.05, 3.63) is 0 Å². The molecule has 0 spiro atoms. The van der Waals surface area contributed by atoms with E-state index in [0.717, 1.165) is 0 Å². The van der Waals surface area contributed by atoms with Gasteiger partial charge in [-0.2, -0.15) is 8.62 Å². The smallest absolute Gasteiger partial charge is 0.390 e. The number of phosphoric acid groups is 3. The van der Waals surface area contributed by atoms with Crippen LogP contribution in [0.4, 0.5) is 0 Å². The molecule has 1 saturated heterocycles. The number of rotatable bonds is 8. The summed E-state index contributed by atoms with van der Waals surface area (Å²) in [7, 11) is -14.8. The van der Waals surface area contributed by atoms with Gasteiger partial charge in [-0.3, -0.25) is 4.52 Å². The predicted octanol–water partition coefficient (Wildman–Crippen LogP) is -0.442. The lowest BCUT2D eigenvalue weighted by Gasteiger charge is -2.19. The molecule has 0 aromatic carbocycles. The van der Waals surface area contributed by atoms with E-state index in [1.54, 1.807) is 0 Å². The van der Waals surface area contributed by atoms with Crippen LogP contribution in [0.15, 0.2) is 0 Å². The molecule has 1 rings (SSSR count). The SMILES string of the molecule is [2H]C[B][C@H]1C[C@@H](O)[C@@H](COP(=O)(O)OP(=O)(O)OP(=O)(O)O)O1. The van der Waals surface area contributed by atoms with Crippen LogP contribution in [0, 0.1) is 0 Å². The fourth-order valence-electron chi connectivity index (χ4n) is 1.53. The Balaban J connectivity index is 2.54. The van der Waals surface area contributed by atoms with Crippen molar-refractivity contribution in [2.24, 2.45) is 0 Å². The second-order valence-electron chi connectivity index (χ2n) is 4.14. The first-order chi connectivity index (χ1) is 10.3. The largest absolute Gasteiger partial charge is 0.490 e.